The predicted octanol–water partition coefficient (Wildman–Crippen LogP) is 1.76. The van der Waals surface area contributed by atoms with Crippen LogP contribution >= 0.6 is 11.6 Å². The van der Waals surface area contributed by atoms with E-state index in [1.54, 1.807) is 0 Å². The molecule has 1 unspecified atom stereocenters. The molecule has 0 aliphatic carbocycles. The molecule has 1 fully saturated rings. The summed E-state index contributed by atoms with van der Waals surface area (Å²) in [6.07, 6.45) is -0.506. The predicted molar refractivity (Wildman–Crippen MR) is 86.1 cm³/mol. The molecule has 1 aromatic rings. The Morgan fingerprint density at radius 3 is 2.60 bits per heavy atom. The van der Waals surface area contributed by atoms with Crippen molar-refractivity contribution in [2.75, 3.05) is 55.9 Å². The van der Waals surface area contributed by atoms with E-state index in [1.165, 1.54) is 11.3 Å². The van der Waals surface area contributed by atoms with Gasteiger partial charge in [0.2, 0.25) is 0 Å². The summed E-state index contributed by atoms with van der Waals surface area (Å²) in [7, 11) is 2.16. The third-order valence-electron chi connectivity index (χ3n) is 3.78. The lowest BCUT2D eigenvalue weighted by Gasteiger charge is -2.34. The van der Waals surface area contributed by atoms with Crippen molar-refractivity contribution >= 4 is 23.0 Å². The van der Waals surface area contributed by atoms with Gasteiger partial charge in [-0.05, 0) is 37.7 Å². The van der Waals surface area contributed by atoms with Gasteiger partial charge in [-0.2, -0.15) is 0 Å². The number of alkyl halides is 1. The zero-order chi connectivity index (χ0) is 14.5. The fourth-order valence-electron chi connectivity index (χ4n) is 2.39. The highest BCUT2D eigenvalue weighted by molar-refractivity contribution is 6.18. The summed E-state index contributed by atoms with van der Waals surface area (Å²) in [5.74, 6) is 0.255. The van der Waals surface area contributed by atoms with Crippen LogP contribution < -0.4 is 10.2 Å². The molecule has 1 aliphatic heterocycles. The Labute approximate surface area is 126 Å². The monoisotopic (exact) mass is 297 g/mol. The Kier molecular flexibility index (Phi) is 5.52. The molecule has 2 N–H and O–H groups in total. The second kappa shape index (κ2) is 7.16. The second-order valence-electron chi connectivity index (χ2n) is 5.48. The van der Waals surface area contributed by atoms with E-state index < -0.39 is 6.10 Å². The largest absolute Gasteiger partial charge is 0.390 e. The van der Waals surface area contributed by atoms with E-state index in [0.29, 0.717) is 6.54 Å². The number of piperazine rings is 1. The van der Waals surface area contributed by atoms with Crippen LogP contribution in [-0.2, 0) is 0 Å². The maximum Gasteiger partial charge on any atom is 0.0847 e. The van der Waals surface area contributed by atoms with Crippen LogP contribution in [0.4, 0.5) is 11.4 Å². The van der Waals surface area contributed by atoms with Gasteiger partial charge in [-0.15, -0.1) is 11.6 Å². The summed E-state index contributed by atoms with van der Waals surface area (Å²) in [4.78, 5) is 4.78. The van der Waals surface area contributed by atoms with E-state index >= 15 is 0 Å². The SMILES string of the molecule is Cc1cc(N2CCN(C)CC2)ccc1NCC(O)CCl. The fourth-order valence-corrected chi connectivity index (χ4v) is 2.50. The van der Waals surface area contributed by atoms with E-state index in [0.717, 1.165) is 31.9 Å². The van der Waals surface area contributed by atoms with E-state index in [-0.39, 0.29) is 5.88 Å². The van der Waals surface area contributed by atoms with Gasteiger partial charge >= 0.3 is 0 Å². The molecule has 1 atom stereocenters. The molecule has 1 aromatic carbocycles. The van der Waals surface area contributed by atoms with Crippen LogP contribution in [0.15, 0.2) is 18.2 Å². The summed E-state index contributed by atoms with van der Waals surface area (Å²) < 4.78 is 0. The lowest BCUT2D eigenvalue weighted by molar-refractivity contribution is 0.211. The van der Waals surface area contributed by atoms with Gasteiger partial charge in [-0.1, -0.05) is 0 Å². The number of aliphatic hydroxyl groups excluding tert-OH is 1. The van der Waals surface area contributed by atoms with E-state index in [9.17, 15) is 5.11 Å². The van der Waals surface area contributed by atoms with Gasteiger partial charge in [-0.3, -0.25) is 0 Å². The minimum absolute atomic E-state index is 0.255. The first kappa shape index (κ1) is 15.4. The van der Waals surface area contributed by atoms with Gasteiger partial charge in [0.25, 0.3) is 0 Å². The molecule has 0 bridgehead atoms. The van der Waals surface area contributed by atoms with Crippen molar-refractivity contribution < 1.29 is 5.11 Å². The van der Waals surface area contributed by atoms with E-state index in [4.69, 9.17) is 11.6 Å². The van der Waals surface area contributed by atoms with Crippen molar-refractivity contribution in [1.29, 1.82) is 0 Å². The second-order valence-corrected chi connectivity index (χ2v) is 5.79. The molecule has 0 amide bonds. The van der Waals surface area contributed by atoms with Gasteiger partial charge in [0, 0.05) is 44.1 Å². The molecule has 1 saturated heterocycles. The first-order valence-electron chi connectivity index (χ1n) is 7.12. The Bertz CT molecular complexity index is 433. The quantitative estimate of drug-likeness (QED) is 0.813. The Morgan fingerprint density at radius 2 is 2.00 bits per heavy atom. The first-order chi connectivity index (χ1) is 9.60. The summed E-state index contributed by atoms with van der Waals surface area (Å²) in [6.45, 7) is 6.95. The summed E-state index contributed by atoms with van der Waals surface area (Å²) in [6, 6.07) is 6.44. The van der Waals surface area contributed by atoms with Gasteiger partial charge in [0.05, 0.1) is 12.0 Å². The Balaban J connectivity index is 1.98. The smallest absolute Gasteiger partial charge is 0.0847 e. The van der Waals surface area contributed by atoms with Crippen LogP contribution in [-0.4, -0.2) is 61.8 Å². The highest BCUT2D eigenvalue weighted by Crippen LogP contribution is 2.23. The number of nitrogens with zero attached hydrogens (tertiary/aromatic N) is 2. The van der Waals surface area contributed by atoms with Crippen LogP contribution in [0, 0.1) is 6.92 Å². The van der Waals surface area contributed by atoms with Crippen molar-refractivity contribution in [1.82, 2.24) is 4.90 Å². The standard InChI is InChI=1S/C15H24ClN3O/c1-12-9-13(19-7-5-18(2)6-8-19)3-4-15(12)17-11-14(20)10-16/h3-4,9,14,17,20H,5-8,10-11H2,1-2H3. The molecule has 5 heteroatoms. The molecular formula is C15H24ClN3O. The molecule has 112 valence electrons. The number of aryl methyl sites for hydroxylation is 1. The fraction of sp³-hybridized carbons (Fsp3) is 0.600. The average molecular weight is 298 g/mol. The number of halogens is 1. The molecular weight excluding hydrogens is 274 g/mol. The molecule has 0 spiro atoms. The van der Waals surface area contributed by atoms with Crippen molar-refractivity contribution in [3.05, 3.63) is 23.8 Å². The van der Waals surface area contributed by atoms with Crippen LogP contribution in [0.3, 0.4) is 0 Å². The van der Waals surface area contributed by atoms with Gasteiger partial charge in [0.15, 0.2) is 0 Å². The first-order valence-corrected chi connectivity index (χ1v) is 7.65. The minimum atomic E-state index is -0.506. The third-order valence-corrected chi connectivity index (χ3v) is 4.14. The van der Waals surface area contributed by atoms with Crippen LogP contribution in [0.1, 0.15) is 5.56 Å². The van der Waals surface area contributed by atoms with Crippen LogP contribution in [0.2, 0.25) is 0 Å². The summed E-state index contributed by atoms with van der Waals surface area (Å²) >= 11 is 5.60. The van der Waals surface area contributed by atoms with Gasteiger partial charge in [-0.25, -0.2) is 0 Å². The van der Waals surface area contributed by atoms with Crippen molar-refractivity contribution in [3.63, 3.8) is 0 Å². The van der Waals surface area contributed by atoms with Crippen molar-refractivity contribution in [2.24, 2.45) is 0 Å². The molecule has 0 radical (unpaired) electrons. The molecule has 1 heterocycles. The maximum atomic E-state index is 9.49. The molecule has 4 nitrogen and oxygen atoms in total. The number of anilines is 2. The molecule has 2 rings (SSSR count). The Morgan fingerprint density at radius 1 is 1.30 bits per heavy atom. The number of hydrogen-bond acceptors (Lipinski definition) is 4. The average Bonchev–Trinajstić information content (AvgIpc) is 2.46. The van der Waals surface area contributed by atoms with Gasteiger partial charge in [0.1, 0.15) is 0 Å². The molecule has 0 saturated carbocycles. The highest BCUT2D eigenvalue weighted by Gasteiger charge is 2.14. The number of aliphatic hydroxyl groups is 1. The number of rotatable bonds is 5. The number of nitrogens with one attached hydrogen (secondary N) is 1. The number of benzene rings is 1. The zero-order valence-corrected chi connectivity index (χ0v) is 13.0. The Hall–Kier alpha value is -0.970. The van der Waals surface area contributed by atoms with Crippen LogP contribution in [0.5, 0.6) is 0 Å². The van der Waals surface area contributed by atoms with Gasteiger partial charge < -0.3 is 20.2 Å². The number of hydrogen-bond donors (Lipinski definition) is 2. The zero-order valence-electron chi connectivity index (χ0n) is 12.3. The lowest BCUT2D eigenvalue weighted by atomic mass is 10.1. The number of likely N-dealkylation sites (N-methyl/N-ethyl adjacent to an activating group) is 1. The van der Waals surface area contributed by atoms with Crippen molar-refractivity contribution in [2.45, 2.75) is 13.0 Å². The van der Waals surface area contributed by atoms with Crippen LogP contribution in [0.25, 0.3) is 0 Å². The van der Waals surface area contributed by atoms with Crippen molar-refractivity contribution in [3.8, 4) is 0 Å². The topological polar surface area (TPSA) is 38.7 Å². The minimum Gasteiger partial charge on any atom is -0.390 e. The third kappa shape index (κ3) is 4.01. The summed E-state index contributed by atoms with van der Waals surface area (Å²) in [5, 5.41) is 12.7. The maximum absolute atomic E-state index is 9.49. The lowest BCUT2D eigenvalue weighted by Crippen LogP contribution is -2.44. The normalized spacial score (nSPS) is 18.1. The van der Waals surface area contributed by atoms with E-state index in [1.807, 2.05) is 0 Å². The molecule has 20 heavy (non-hydrogen) atoms. The van der Waals surface area contributed by atoms with E-state index in [2.05, 4.69) is 47.3 Å². The highest BCUT2D eigenvalue weighted by atomic mass is 35.5. The molecule has 0 aromatic heterocycles. The summed E-state index contributed by atoms with van der Waals surface area (Å²) in [5.41, 5.74) is 3.54. The molecule has 1 aliphatic rings.